The van der Waals surface area contributed by atoms with Gasteiger partial charge >= 0.3 is 5.97 Å². The molecule has 0 fully saturated rings. The fourth-order valence-corrected chi connectivity index (χ4v) is 2.46. The molecule has 0 bridgehead atoms. The Bertz CT molecular complexity index is 777. The quantitative estimate of drug-likeness (QED) is 0.396. The van der Waals surface area contributed by atoms with Crippen LogP contribution in [0.25, 0.3) is 0 Å². The molecule has 2 aromatic rings. The standard InChI is InChI=1S/C19H25N3O4/c1-22(2)18(23)9-12-5-6-14(11-17(12)25-3)21-13-7-8-16(20)15(10-13)19(24)26-4/h5-8,10-11,18,21,23H,9,20H2,1-4H3. The molecule has 2 aromatic carbocycles. The first-order valence-electron chi connectivity index (χ1n) is 8.12. The highest BCUT2D eigenvalue weighted by atomic mass is 16.5. The number of esters is 1. The van der Waals surface area contributed by atoms with Crippen LogP contribution in [0.1, 0.15) is 15.9 Å². The highest BCUT2D eigenvalue weighted by molar-refractivity contribution is 5.96. The first-order chi connectivity index (χ1) is 12.3. The van der Waals surface area contributed by atoms with E-state index in [1.54, 1.807) is 30.2 Å². The number of benzene rings is 2. The van der Waals surface area contributed by atoms with Gasteiger partial charge in [-0.1, -0.05) is 6.07 Å². The van der Waals surface area contributed by atoms with E-state index in [1.165, 1.54) is 7.11 Å². The number of methoxy groups -OCH3 is 2. The number of nitrogens with one attached hydrogen (secondary N) is 1. The zero-order valence-electron chi connectivity index (χ0n) is 15.4. The molecule has 2 rings (SSSR count). The van der Waals surface area contributed by atoms with Gasteiger partial charge in [0.2, 0.25) is 0 Å². The topological polar surface area (TPSA) is 97.0 Å². The summed E-state index contributed by atoms with van der Waals surface area (Å²) in [6.07, 6.45) is -0.146. The number of carbonyl (C=O) groups is 1. The van der Waals surface area contributed by atoms with Crippen molar-refractivity contribution in [3.8, 4) is 5.75 Å². The van der Waals surface area contributed by atoms with Gasteiger partial charge in [0.05, 0.1) is 19.8 Å². The summed E-state index contributed by atoms with van der Waals surface area (Å²) in [5.74, 6) is 0.177. The lowest BCUT2D eigenvalue weighted by molar-refractivity contribution is 0.0408. The van der Waals surface area contributed by atoms with Gasteiger partial charge < -0.3 is 25.6 Å². The van der Waals surface area contributed by atoms with Crippen molar-refractivity contribution in [1.29, 1.82) is 0 Å². The normalized spacial score (nSPS) is 11.9. The molecular weight excluding hydrogens is 334 g/mol. The van der Waals surface area contributed by atoms with E-state index in [0.717, 1.165) is 11.3 Å². The van der Waals surface area contributed by atoms with E-state index in [2.05, 4.69) is 5.32 Å². The number of carbonyl (C=O) groups excluding carboxylic acids is 1. The smallest absolute Gasteiger partial charge is 0.340 e. The van der Waals surface area contributed by atoms with Gasteiger partial charge in [0.15, 0.2) is 0 Å². The molecule has 7 heteroatoms. The number of nitrogen functional groups attached to an aromatic ring is 1. The Hall–Kier alpha value is -2.77. The zero-order valence-corrected chi connectivity index (χ0v) is 15.4. The number of likely N-dealkylation sites (N-methyl/N-ethyl adjacent to an activating group) is 1. The fraction of sp³-hybridized carbons (Fsp3) is 0.316. The number of rotatable bonds is 7. The van der Waals surface area contributed by atoms with Gasteiger partial charge in [-0.15, -0.1) is 0 Å². The summed E-state index contributed by atoms with van der Waals surface area (Å²) in [5, 5.41) is 13.2. The molecule has 1 unspecified atom stereocenters. The van der Waals surface area contributed by atoms with Gasteiger partial charge in [-0.2, -0.15) is 0 Å². The molecule has 7 nitrogen and oxygen atoms in total. The van der Waals surface area contributed by atoms with Crippen LogP contribution in [0.4, 0.5) is 17.1 Å². The Labute approximate surface area is 153 Å². The Morgan fingerprint density at radius 3 is 2.46 bits per heavy atom. The molecule has 0 saturated carbocycles. The van der Waals surface area contributed by atoms with Crippen molar-refractivity contribution in [3.63, 3.8) is 0 Å². The van der Waals surface area contributed by atoms with E-state index >= 15 is 0 Å². The largest absolute Gasteiger partial charge is 0.496 e. The van der Waals surface area contributed by atoms with Crippen LogP contribution in [0.3, 0.4) is 0 Å². The molecule has 0 aliphatic carbocycles. The van der Waals surface area contributed by atoms with Crippen LogP contribution in [-0.4, -0.2) is 50.5 Å². The van der Waals surface area contributed by atoms with E-state index in [-0.39, 0.29) is 0 Å². The van der Waals surface area contributed by atoms with E-state index < -0.39 is 12.2 Å². The molecule has 0 aliphatic heterocycles. The molecule has 26 heavy (non-hydrogen) atoms. The summed E-state index contributed by atoms with van der Waals surface area (Å²) in [5.41, 5.74) is 8.85. The number of anilines is 3. The minimum atomic E-state index is -0.595. The van der Waals surface area contributed by atoms with Crippen LogP contribution < -0.4 is 15.8 Å². The van der Waals surface area contributed by atoms with Gasteiger partial charge in [-0.3, -0.25) is 4.90 Å². The minimum Gasteiger partial charge on any atom is -0.496 e. The van der Waals surface area contributed by atoms with Crippen molar-refractivity contribution < 1.29 is 19.4 Å². The lowest BCUT2D eigenvalue weighted by atomic mass is 10.1. The maximum absolute atomic E-state index is 11.8. The van der Waals surface area contributed by atoms with E-state index in [4.69, 9.17) is 15.2 Å². The van der Waals surface area contributed by atoms with Gasteiger partial charge in [0.25, 0.3) is 0 Å². The van der Waals surface area contributed by atoms with E-state index in [9.17, 15) is 9.90 Å². The predicted octanol–water partition coefficient (Wildman–Crippen LogP) is 2.23. The first kappa shape index (κ1) is 19.6. The van der Waals surface area contributed by atoms with Crippen LogP contribution in [0.2, 0.25) is 0 Å². The molecule has 1 atom stereocenters. The molecule has 0 aliphatic rings. The molecule has 0 amide bonds. The number of aliphatic hydroxyl groups is 1. The average molecular weight is 359 g/mol. The van der Waals surface area contributed by atoms with Crippen molar-refractivity contribution in [1.82, 2.24) is 4.90 Å². The third-order valence-corrected chi connectivity index (χ3v) is 4.03. The summed E-state index contributed by atoms with van der Waals surface area (Å²) in [7, 11) is 6.52. The van der Waals surface area contributed by atoms with Gasteiger partial charge in [0, 0.05) is 29.5 Å². The van der Waals surface area contributed by atoms with Crippen molar-refractivity contribution >= 4 is 23.0 Å². The fourth-order valence-electron chi connectivity index (χ4n) is 2.46. The van der Waals surface area contributed by atoms with Crippen LogP contribution in [-0.2, 0) is 11.2 Å². The number of hydrogen-bond donors (Lipinski definition) is 3. The van der Waals surface area contributed by atoms with Crippen LogP contribution in [0.15, 0.2) is 36.4 Å². The Morgan fingerprint density at radius 2 is 1.85 bits per heavy atom. The maximum atomic E-state index is 11.8. The predicted molar refractivity (Wildman–Crippen MR) is 102 cm³/mol. The molecule has 0 spiro atoms. The summed E-state index contributed by atoms with van der Waals surface area (Å²) < 4.78 is 10.2. The second-order valence-electron chi connectivity index (χ2n) is 6.09. The highest BCUT2D eigenvalue weighted by Gasteiger charge is 2.14. The second kappa shape index (κ2) is 8.55. The van der Waals surface area contributed by atoms with Crippen LogP contribution in [0.5, 0.6) is 5.75 Å². The van der Waals surface area contributed by atoms with Gasteiger partial charge in [-0.25, -0.2) is 4.79 Å². The lowest BCUT2D eigenvalue weighted by Crippen LogP contribution is -2.29. The Morgan fingerprint density at radius 1 is 1.19 bits per heavy atom. The highest BCUT2D eigenvalue weighted by Crippen LogP contribution is 2.28. The molecule has 140 valence electrons. The second-order valence-corrected chi connectivity index (χ2v) is 6.09. The van der Waals surface area contributed by atoms with Crippen LogP contribution in [0, 0.1) is 0 Å². The Balaban J connectivity index is 2.24. The lowest BCUT2D eigenvalue weighted by Gasteiger charge is -2.20. The molecule has 0 heterocycles. The maximum Gasteiger partial charge on any atom is 0.340 e. The average Bonchev–Trinajstić information content (AvgIpc) is 2.63. The Kier molecular flexibility index (Phi) is 6.43. The number of nitrogens with two attached hydrogens (primary N) is 1. The number of aliphatic hydroxyl groups excluding tert-OH is 1. The summed E-state index contributed by atoms with van der Waals surface area (Å²) in [6.45, 7) is 0. The number of ether oxygens (including phenoxy) is 2. The SMILES string of the molecule is COC(=O)c1cc(Nc2ccc(CC(O)N(C)C)c(OC)c2)ccc1N. The third kappa shape index (κ3) is 4.65. The molecule has 0 saturated heterocycles. The monoisotopic (exact) mass is 359 g/mol. The zero-order chi connectivity index (χ0) is 19.3. The number of hydrogen-bond acceptors (Lipinski definition) is 7. The molecule has 0 radical (unpaired) electrons. The summed E-state index contributed by atoms with van der Waals surface area (Å²) in [4.78, 5) is 13.5. The summed E-state index contributed by atoms with van der Waals surface area (Å²) >= 11 is 0. The van der Waals surface area contributed by atoms with Crippen LogP contribution >= 0.6 is 0 Å². The summed E-state index contributed by atoms with van der Waals surface area (Å²) in [6, 6.07) is 10.7. The van der Waals surface area contributed by atoms with Crippen molar-refractivity contribution in [3.05, 3.63) is 47.5 Å². The van der Waals surface area contributed by atoms with Gasteiger partial charge in [-0.05, 0) is 43.9 Å². The van der Waals surface area contributed by atoms with E-state index in [0.29, 0.717) is 29.1 Å². The first-order valence-corrected chi connectivity index (χ1v) is 8.12. The molecule has 0 aromatic heterocycles. The van der Waals surface area contributed by atoms with Gasteiger partial charge in [0.1, 0.15) is 12.0 Å². The molecule has 4 N–H and O–H groups in total. The molecular formula is C19H25N3O4. The minimum absolute atomic E-state index is 0.301. The van der Waals surface area contributed by atoms with Crippen molar-refractivity contribution in [2.45, 2.75) is 12.6 Å². The van der Waals surface area contributed by atoms with Crippen molar-refractivity contribution in [2.75, 3.05) is 39.4 Å². The van der Waals surface area contributed by atoms with Crippen molar-refractivity contribution in [2.24, 2.45) is 0 Å². The van der Waals surface area contributed by atoms with E-state index in [1.807, 2.05) is 32.3 Å². The third-order valence-electron chi connectivity index (χ3n) is 4.03. The number of nitrogens with zero attached hydrogens (tertiary/aromatic N) is 1.